The minimum Gasteiger partial charge on any atom is -0.447 e. The van der Waals surface area contributed by atoms with E-state index < -0.39 is 16.1 Å². The predicted molar refractivity (Wildman–Crippen MR) is 102 cm³/mol. The summed E-state index contributed by atoms with van der Waals surface area (Å²) < 4.78 is 33.4. The van der Waals surface area contributed by atoms with Crippen LogP contribution in [0.1, 0.15) is 5.56 Å². The van der Waals surface area contributed by atoms with E-state index in [2.05, 4.69) is 9.71 Å². The van der Waals surface area contributed by atoms with Gasteiger partial charge in [0.2, 0.25) is 0 Å². The number of amides is 1. The highest BCUT2D eigenvalue weighted by atomic mass is 32.2. The lowest BCUT2D eigenvalue weighted by molar-refractivity contribution is 0.181. The Morgan fingerprint density at radius 2 is 1.96 bits per heavy atom. The van der Waals surface area contributed by atoms with Crippen LogP contribution in [0, 0.1) is 6.92 Å². The number of aromatic nitrogens is 1. The maximum absolute atomic E-state index is 12.9. The Morgan fingerprint density at radius 3 is 2.74 bits per heavy atom. The van der Waals surface area contributed by atoms with Crippen molar-refractivity contribution >= 4 is 38.4 Å². The van der Waals surface area contributed by atoms with E-state index in [1.54, 1.807) is 36.5 Å². The summed E-state index contributed by atoms with van der Waals surface area (Å²) >= 11 is 0. The van der Waals surface area contributed by atoms with Crippen LogP contribution in [0.5, 0.6) is 0 Å². The van der Waals surface area contributed by atoms with Crippen LogP contribution in [0.4, 0.5) is 16.2 Å². The molecule has 27 heavy (non-hydrogen) atoms. The lowest BCUT2D eigenvalue weighted by atomic mass is 10.2. The van der Waals surface area contributed by atoms with Crippen LogP contribution in [0.3, 0.4) is 0 Å². The van der Waals surface area contributed by atoms with Crippen LogP contribution in [0.15, 0.2) is 59.6 Å². The van der Waals surface area contributed by atoms with Gasteiger partial charge in [-0.25, -0.2) is 13.2 Å². The molecule has 1 saturated heterocycles. The molecule has 0 radical (unpaired) electrons. The molecule has 2 aromatic carbocycles. The molecule has 1 fully saturated rings. The number of carbonyl (C=O) groups is 1. The van der Waals surface area contributed by atoms with Gasteiger partial charge in [0.05, 0.1) is 17.7 Å². The Morgan fingerprint density at radius 1 is 1.15 bits per heavy atom. The van der Waals surface area contributed by atoms with Crippen LogP contribution in [-0.2, 0) is 14.8 Å². The van der Waals surface area contributed by atoms with Crippen molar-refractivity contribution in [3.63, 3.8) is 0 Å². The molecular weight excluding hydrogens is 366 g/mol. The molecule has 0 spiro atoms. The van der Waals surface area contributed by atoms with Crippen molar-refractivity contribution < 1.29 is 17.9 Å². The molecule has 138 valence electrons. The Bertz CT molecular complexity index is 1140. The van der Waals surface area contributed by atoms with Gasteiger partial charge in [-0.1, -0.05) is 18.2 Å². The van der Waals surface area contributed by atoms with E-state index in [1.807, 2.05) is 19.1 Å². The summed E-state index contributed by atoms with van der Waals surface area (Å²) in [4.78, 5) is 17.6. The smallest absolute Gasteiger partial charge is 0.414 e. The average molecular weight is 383 g/mol. The Labute approximate surface area is 156 Å². The first-order valence-corrected chi connectivity index (χ1v) is 9.85. The molecule has 0 unspecified atom stereocenters. The summed E-state index contributed by atoms with van der Waals surface area (Å²) in [5, 5.41) is 0.756. The number of nitrogens with zero attached hydrogens (tertiary/aromatic N) is 2. The number of carbonyl (C=O) groups excluding carboxylic acids is 1. The zero-order chi connectivity index (χ0) is 19.0. The molecule has 1 amide bonds. The van der Waals surface area contributed by atoms with Crippen molar-refractivity contribution in [2.24, 2.45) is 0 Å². The third-order valence-corrected chi connectivity index (χ3v) is 5.68. The first-order chi connectivity index (χ1) is 12.9. The summed E-state index contributed by atoms with van der Waals surface area (Å²) in [6.07, 6.45) is 1.20. The van der Waals surface area contributed by atoms with Gasteiger partial charge in [0.25, 0.3) is 10.0 Å². The summed E-state index contributed by atoms with van der Waals surface area (Å²) in [5.41, 5.74) is 2.30. The first-order valence-electron chi connectivity index (χ1n) is 8.37. The standard InChI is InChI=1S/C19H17N3O4S/c1-13-10-14-4-2-7-17(18(14)20-12-13)27(24,25)21-15-5-3-6-16(11-15)22-8-9-26-19(22)23/h2-7,10-12,21H,8-9H2,1H3. The minimum absolute atomic E-state index is 0.103. The molecule has 4 rings (SSSR count). The van der Waals surface area contributed by atoms with Crippen molar-refractivity contribution in [1.82, 2.24) is 4.98 Å². The molecule has 0 saturated carbocycles. The number of para-hydroxylation sites is 1. The van der Waals surface area contributed by atoms with Gasteiger partial charge in [0.15, 0.2) is 0 Å². The van der Waals surface area contributed by atoms with Crippen LogP contribution in [0.25, 0.3) is 10.9 Å². The maximum Gasteiger partial charge on any atom is 0.414 e. The highest BCUT2D eigenvalue weighted by Gasteiger charge is 2.24. The van der Waals surface area contributed by atoms with E-state index >= 15 is 0 Å². The summed E-state index contributed by atoms with van der Waals surface area (Å²) in [6, 6.07) is 13.6. The normalized spacial score (nSPS) is 14.4. The van der Waals surface area contributed by atoms with Crippen LogP contribution in [0.2, 0.25) is 0 Å². The number of sulfonamides is 1. The number of rotatable bonds is 4. The number of cyclic esters (lactones) is 1. The van der Waals surface area contributed by atoms with Gasteiger partial charge >= 0.3 is 6.09 Å². The highest BCUT2D eigenvalue weighted by Crippen LogP contribution is 2.27. The number of aryl methyl sites for hydroxylation is 1. The second kappa shape index (κ2) is 6.55. The highest BCUT2D eigenvalue weighted by molar-refractivity contribution is 7.93. The van der Waals surface area contributed by atoms with Crippen molar-refractivity contribution in [3.05, 3.63) is 60.3 Å². The summed E-state index contributed by atoms with van der Waals surface area (Å²) in [6.45, 7) is 2.65. The average Bonchev–Trinajstić information content (AvgIpc) is 3.07. The van der Waals surface area contributed by atoms with Gasteiger partial charge in [-0.15, -0.1) is 0 Å². The number of hydrogen-bond acceptors (Lipinski definition) is 5. The lowest BCUT2D eigenvalue weighted by Crippen LogP contribution is -2.23. The topological polar surface area (TPSA) is 88.6 Å². The van der Waals surface area contributed by atoms with E-state index in [0.29, 0.717) is 30.0 Å². The molecule has 1 aliphatic heterocycles. The molecular formula is C19H17N3O4S. The van der Waals surface area contributed by atoms with Crippen LogP contribution >= 0.6 is 0 Å². The quantitative estimate of drug-likeness (QED) is 0.747. The van der Waals surface area contributed by atoms with Gasteiger partial charge in [-0.2, -0.15) is 0 Å². The second-order valence-corrected chi connectivity index (χ2v) is 7.91. The van der Waals surface area contributed by atoms with Crippen LogP contribution < -0.4 is 9.62 Å². The van der Waals surface area contributed by atoms with E-state index in [9.17, 15) is 13.2 Å². The fourth-order valence-corrected chi connectivity index (χ4v) is 4.27. The molecule has 1 N–H and O–H groups in total. The van der Waals surface area contributed by atoms with Crippen molar-refractivity contribution in [2.45, 2.75) is 11.8 Å². The van der Waals surface area contributed by atoms with E-state index in [1.165, 1.54) is 11.0 Å². The number of benzene rings is 2. The fraction of sp³-hybridized carbons (Fsp3) is 0.158. The predicted octanol–water partition coefficient (Wildman–Crippen LogP) is 3.30. The molecule has 1 aromatic heterocycles. The van der Waals surface area contributed by atoms with Crippen molar-refractivity contribution in [1.29, 1.82) is 0 Å². The lowest BCUT2D eigenvalue weighted by Gasteiger charge is -2.15. The first kappa shape index (κ1) is 17.3. The SMILES string of the molecule is Cc1cnc2c(S(=O)(=O)Nc3cccc(N4CCOC4=O)c3)cccc2c1. The fourth-order valence-electron chi connectivity index (χ4n) is 3.04. The van der Waals surface area contributed by atoms with Crippen molar-refractivity contribution in [3.8, 4) is 0 Å². The molecule has 0 bridgehead atoms. The van der Waals surface area contributed by atoms with Gasteiger partial charge in [-0.3, -0.25) is 14.6 Å². The third kappa shape index (κ3) is 3.31. The Balaban J connectivity index is 1.69. The molecule has 8 heteroatoms. The van der Waals surface area contributed by atoms with Gasteiger partial charge < -0.3 is 4.74 Å². The van der Waals surface area contributed by atoms with Crippen molar-refractivity contribution in [2.75, 3.05) is 22.8 Å². The maximum atomic E-state index is 12.9. The van der Waals surface area contributed by atoms with Gasteiger partial charge in [0, 0.05) is 17.3 Å². The molecule has 1 aliphatic rings. The molecule has 0 atom stereocenters. The van der Waals surface area contributed by atoms with E-state index in [-0.39, 0.29) is 4.90 Å². The second-order valence-electron chi connectivity index (χ2n) is 6.26. The minimum atomic E-state index is -3.85. The van der Waals surface area contributed by atoms with E-state index in [0.717, 1.165) is 10.9 Å². The number of fused-ring (bicyclic) bond motifs is 1. The van der Waals surface area contributed by atoms with Gasteiger partial charge in [-0.05, 0) is 42.8 Å². The van der Waals surface area contributed by atoms with Crippen LogP contribution in [-0.4, -0.2) is 32.6 Å². The number of pyridine rings is 1. The Kier molecular flexibility index (Phi) is 4.19. The third-order valence-electron chi connectivity index (χ3n) is 4.27. The molecule has 0 aliphatic carbocycles. The zero-order valence-corrected chi connectivity index (χ0v) is 15.4. The number of nitrogens with one attached hydrogen (secondary N) is 1. The number of anilines is 2. The largest absolute Gasteiger partial charge is 0.447 e. The number of hydrogen-bond donors (Lipinski definition) is 1. The monoisotopic (exact) mass is 383 g/mol. The zero-order valence-electron chi connectivity index (χ0n) is 14.5. The molecule has 7 nitrogen and oxygen atoms in total. The molecule has 3 aromatic rings. The summed E-state index contributed by atoms with van der Waals surface area (Å²) in [5.74, 6) is 0. The summed E-state index contributed by atoms with van der Waals surface area (Å²) in [7, 11) is -3.85. The van der Waals surface area contributed by atoms with Gasteiger partial charge in [0.1, 0.15) is 11.5 Å². The molecule has 2 heterocycles. The van der Waals surface area contributed by atoms with E-state index in [4.69, 9.17) is 4.74 Å². The number of ether oxygens (including phenoxy) is 1. The Hall–Kier alpha value is -3.13.